The van der Waals surface area contributed by atoms with Crippen molar-refractivity contribution in [2.75, 3.05) is 0 Å². The molecule has 3 heteroatoms. The van der Waals surface area contributed by atoms with E-state index in [2.05, 4.69) is 191 Å². The fourth-order valence-electron chi connectivity index (χ4n) is 5.58. The molecule has 0 saturated carbocycles. The van der Waals surface area contributed by atoms with Gasteiger partial charge in [-0.05, 0) is 10.8 Å². The van der Waals surface area contributed by atoms with Crippen LogP contribution in [0.25, 0.3) is 21.5 Å². The maximum atomic E-state index is 3.50. The minimum atomic E-state index is 0. The van der Waals surface area contributed by atoms with E-state index < -0.39 is 0 Å². The molecule has 0 bridgehead atoms. The van der Waals surface area contributed by atoms with Gasteiger partial charge < -0.3 is 24.8 Å². The fourth-order valence-corrected chi connectivity index (χ4v) is 6.40. The van der Waals surface area contributed by atoms with Crippen molar-refractivity contribution in [3.05, 3.63) is 149 Å². The molecule has 0 fully saturated rings. The quantitative estimate of drug-likeness (QED) is 0.188. The third-order valence-corrected chi connectivity index (χ3v) is 10.1. The molecule has 1 aliphatic carbocycles. The minimum absolute atomic E-state index is 0. The van der Waals surface area contributed by atoms with Gasteiger partial charge in [0.2, 0.25) is 0 Å². The first kappa shape index (κ1) is 41.7. The monoisotopic (exact) mass is 752 g/mol. The average molecular weight is 755 g/mol. The van der Waals surface area contributed by atoms with Gasteiger partial charge in [0, 0.05) is 0 Å². The molecule has 1 atom stereocenters. The summed E-state index contributed by atoms with van der Waals surface area (Å²) in [7, 11) is 0. The van der Waals surface area contributed by atoms with Crippen LogP contribution >= 0.6 is 0 Å². The Bertz CT molecular complexity index is 1700. The van der Waals surface area contributed by atoms with E-state index >= 15 is 0 Å². The van der Waals surface area contributed by atoms with Crippen molar-refractivity contribution in [1.82, 2.24) is 0 Å². The first-order valence-corrected chi connectivity index (χ1v) is 18.0. The topological polar surface area (TPSA) is 0 Å². The molecule has 0 heterocycles. The van der Waals surface area contributed by atoms with E-state index in [0.717, 1.165) is 0 Å². The molecule has 0 N–H and O–H groups in total. The predicted molar refractivity (Wildman–Crippen MR) is 200 cm³/mol. The third kappa shape index (κ3) is 11.0. The molecular weight excluding hydrogens is 703 g/mol. The fraction of sp³-hybridized carbons (Fsp3) is 0.333. The van der Waals surface area contributed by atoms with Crippen LogP contribution in [0.3, 0.4) is 0 Å². The van der Waals surface area contributed by atoms with Crippen molar-refractivity contribution in [3.63, 3.8) is 0 Å². The van der Waals surface area contributed by atoms with Gasteiger partial charge in [-0.1, -0.05) is 122 Å². The SMILES string of the molecule is CC(C)(C)c1ccc2c(c1)[cH-]c1cc(C(C)(C)C)ccc12.CC(C)C1=[C-]C(C(C)C)C=C1.[Cl-].[Cl-].[Zr+2]=[C](c1ccccc1)c1ccccc1. The molecule has 0 aromatic heterocycles. The number of rotatable bonds is 4. The van der Waals surface area contributed by atoms with E-state index in [1.807, 2.05) is 0 Å². The van der Waals surface area contributed by atoms with Crippen LogP contribution in [0.4, 0.5) is 0 Å². The Kier molecular flexibility index (Phi) is 15.6. The van der Waals surface area contributed by atoms with Crippen molar-refractivity contribution in [3.8, 4) is 0 Å². The standard InChI is InChI=1S/C21H25.C13H10.C11H17.2ClH.Zr/c1-20(2,3)16-7-9-18-14(12-16)11-15-13-17(21(4,5)6)8-10-19(15)18;1-3-7-12(8-4-1)11-13-9-5-2-6-10-13;1-8(2)10-5-6-11(7-10)9(3)4;;;/h7-13H,1-6H3;1-10H;5-6,8-10H,1-4H3;2*1H;/q-1;;-1;;;+2/p-2. The van der Waals surface area contributed by atoms with Crippen molar-refractivity contribution >= 4 is 24.8 Å². The van der Waals surface area contributed by atoms with Gasteiger partial charge >= 0.3 is 99.2 Å². The number of hydrogen-bond acceptors (Lipinski definition) is 0. The molecule has 6 rings (SSSR count). The molecule has 252 valence electrons. The molecule has 0 saturated heterocycles. The number of allylic oxidation sites excluding steroid dienone is 4. The third-order valence-electron chi connectivity index (χ3n) is 8.72. The Labute approximate surface area is 318 Å². The zero-order valence-electron chi connectivity index (χ0n) is 30.5. The first-order chi connectivity index (χ1) is 21.6. The number of hydrogen-bond donors (Lipinski definition) is 0. The Morgan fingerprint density at radius 2 is 1.06 bits per heavy atom. The number of fused-ring (bicyclic) bond motifs is 3. The van der Waals surface area contributed by atoms with Gasteiger partial charge in [0.1, 0.15) is 0 Å². The van der Waals surface area contributed by atoms with Crippen LogP contribution in [0.1, 0.15) is 91.5 Å². The Morgan fingerprint density at radius 1 is 0.646 bits per heavy atom. The summed E-state index contributed by atoms with van der Waals surface area (Å²) in [5.41, 5.74) is 7.25. The summed E-state index contributed by atoms with van der Waals surface area (Å²) in [6.45, 7) is 22.6. The summed E-state index contributed by atoms with van der Waals surface area (Å²) >= 11 is 1.46. The van der Waals surface area contributed by atoms with Crippen molar-refractivity contribution in [1.29, 1.82) is 0 Å². The predicted octanol–water partition coefficient (Wildman–Crippen LogP) is 6.33. The molecule has 0 spiro atoms. The molecule has 48 heavy (non-hydrogen) atoms. The molecule has 0 radical (unpaired) electrons. The maximum absolute atomic E-state index is 3.50. The van der Waals surface area contributed by atoms with Crippen molar-refractivity contribution in [2.45, 2.75) is 80.1 Å². The van der Waals surface area contributed by atoms with Gasteiger partial charge in [0.05, 0.1) is 0 Å². The summed E-state index contributed by atoms with van der Waals surface area (Å²) in [5, 5.41) is 5.48. The summed E-state index contributed by atoms with van der Waals surface area (Å²) < 4.78 is 1.42. The van der Waals surface area contributed by atoms with Crippen molar-refractivity contribution < 1.29 is 49.0 Å². The molecule has 5 aromatic carbocycles. The van der Waals surface area contributed by atoms with E-state index in [9.17, 15) is 0 Å². The van der Waals surface area contributed by atoms with Crippen LogP contribution in [0.5, 0.6) is 0 Å². The van der Waals surface area contributed by atoms with Crippen LogP contribution in [-0.4, -0.2) is 3.21 Å². The van der Waals surface area contributed by atoms with Gasteiger partial charge in [0.25, 0.3) is 0 Å². The Balaban J connectivity index is 0.000000260. The summed E-state index contributed by atoms with van der Waals surface area (Å²) in [4.78, 5) is 0. The summed E-state index contributed by atoms with van der Waals surface area (Å²) in [6, 6.07) is 37.3. The van der Waals surface area contributed by atoms with E-state index in [4.69, 9.17) is 0 Å². The van der Waals surface area contributed by atoms with Crippen molar-refractivity contribution in [2.24, 2.45) is 17.8 Å². The zero-order chi connectivity index (χ0) is 33.6. The molecule has 0 aliphatic heterocycles. The van der Waals surface area contributed by atoms with E-state index in [-0.39, 0.29) is 35.6 Å². The number of benzene rings is 4. The van der Waals surface area contributed by atoms with Crippen LogP contribution in [0.2, 0.25) is 0 Å². The van der Waals surface area contributed by atoms with Gasteiger partial charge in [-0.2, -0.15) is 6.08 Å². The average Bonchev–Trinajstić information content (AvgIpc) is 3.67. The molecule has 0 amide bonds. The van der Waals surface area contributed by atoms with E-state index in [1.165, 1.54) is 76.8 Å². The zero-order valence-corrected chi connectivity index (χ0v) is 34.4. The van der Waals surface area contributed by atoms with E-state index in [0.29, 0.717) is 17.8 Å². The van der Waals surface area contributed by atoms with Crippen LogP contribution in [0.15, 0.2) is 121 Å². The van der Waals surface area contributed by atoms with Crippen LogP contribution in [0, 0.1) is 23.8 Å². The summed E-state index contributed by atoms with van der Waals surface area (Å²) in [6.07, 6.45) is 7.98. The van der Waals surface area contributed by atoms with Gasteiger partial charge in [-0.3, -0.25) is 6.08 Å². The van der Waals surface area contributed by atoms with Gasteiger partial charge in [-0.15, -0.1) is 39.7 Å². The summed E-state index contributed by atoms with van der Waals surface area (Å²) in [5.74, 6) is 1.89. The first-order valence-electron chi connectivity index (χ1n) is 16.8. The Hall–Kier alpha value is -2.44. The molecule has 1 unspecified atom stereocenters. The second-order valence-corrected chi connectivity index (χ2v) is 16.5. The second kappa shape index (κ2) is 18.0. The van der Waals surface area contributed by atoms with E-state index in [1.54, 1.807) is 0 Å². The molecular formula is C45H52Cl2Zr-2. The van der Waals surface area contributed by atoms with Gasteiger partial charge in [-0.25, -0.2) is 11.6 Å². The second-order valence-electron chi connectivity index (χ2n) is 15.2. The van der Waals surface area contributed by atoms with Gasteiger partial charge in [0.15, 0.2) is 0 Å². The Morgan fingerprint density at radius 3 is 1.38 bits per heavy atom. The van der Waals surface area contributed by atoms with Crippen LogP contribution in [-0.2, 0) is 35.1 Å². The van der Waals surface area contributed by atoms with Crippen LogP contribution < -0.4 is 24.8 Å². The molecule has 1 aliphatic rings. The molecule has 5 aromatic rings. The number of halogens is 2. The molecule has 0 nitrogen and oxygen atoms in total. The normalized spacial score (nSPS) is 14.0.